The van der Waals surface area contributed by atoms with Gasteiger partial charge in [-0.2, -0.15) is 0 Å². The quantitative estimate of drug-likeness (QED) is 0.761. The van der Waals surface area contributed by atoms with E-state index in [0.717, 1.165) is 25.9 Å². The minimum Gasteiger partial charge on any atom is -0.337 e. The molecule has 5 heteroatoms. The first-order chi connectivity index (χ1) is 11.0. The first-order valence-electron chi connectivity index (χ1n) is 8.45. The van der Waals surface area contributed by atoms with Crippen molar-refractivity contribution in [2.24, 2.45) is 0 Å². The summed E-state index contributed by atoms with van der Waals surface area (Å²) in [5, 5.41) is 0.902. The molecule has 1 aliphatic carbocycles. The fourth-order valence-corrected chi connectivity index (χ4v) is 3.94. The highest BCUT2D eigenvalue weighted by Gasteiger charge is 2.33. The molecule has 128 valence electrons. The molecular formula is C18H26Cl2N2O. The predicted octanol–water partition coefficient (Wildman–Crippen LogP) is 4.72. The molecule has 0 spiro atoms. The lowest BCUT2D eigenvalue weighted by Crippen LogP contribution is -2.53. The Hall–Kier alpha value is -0.770. The number of halogens is 2. The summed E-state index contributed by atoms with van der Waals surface area (Å²) < 4.78 is 0. The van der Waals surface area contributed by atoms with Crippen molar-refractivity contribution >= 4 is 29.1 Å². The molecule has 0 heterocycles. The summed E-state index contributed by atoms with van der Waals surface area (Å²) in [5.41, 5.74) is 0.603. The Morgan fingerprint density at radius 1 is 1.09 bits per heavy atom. The molecule has 23 heavy (non-hydrogen) atoms. The van der Waals surface area contributed by atoms with Crippen molar-refractivity contribution in [3.63, 3.8) is 0 Å². The molecule has 1 saturated carbocycles. The maximum atomic E-state index is 12.9. The monoisotopic (exact) mass is 356 g/mol. The predicted molar refractivity (Wildman–Crippen MR) is 97.5 cm³/mol. The lowest BCUT2D eigenvalue weighted by Gasteiger charge is -2.43. The van der Waals surface area contributed by atoms with E-state index >= 15 is 0 Å². The number of amides is 1. The molecule has 3 nitrogen and oxygen atoms in total. The smallest absolute Gasteiger partial charge is 0.253 e. The van der Waals surface area contributed by atoms with Crippen LogP contribution in [0.2, 0.25) is 10.0 Å². The van der Waals surface area contributed by atoms with E-state index in [2.05, 4.69) is 18.7 Å². The van der Waals surface area contributed by atoms with Crippen molar-refractivity contribution in [2.75, 3.05) is 20.1 Å². The fraction of sp³-hybridized carbons (Fsp3) is 0.611. The Morgan fingerprint density at radius 3 is 2.26 bits per heavy atom. The van der Waals surface area contributed by atoms with Crippen molar-refractivity contribution in [1.29, 1.82) is 0 Å². The molecule has 1 amide bonds. The number of benzene rings is 1. The summed E-state index contributed by atoms with van der Waals surface area (Å²) >= 11 is 12.0. The Kier molecular flexibility index (Phi) is 6.75. The summed E-state index contributed by atoms with van der Waals surface area (Å²) in [7, 11) is 1.91. The second kappa shape index (κ2) is 8.36. The summed E-state index contributed by atoms with van der Waals surface area (Å²) in [5.74, 6) is 0.0209. The number of hydrogen-bond donors (Lipinski definition) is 0. The molecule has 0 aliphatic heterocycles. The second-order valence-electron chi connectivity index (χ2n) is 6.19. The molecule has 1 aromatic carbocycles. The molecule has 2 atom stereocenters. The minimum absolute atomic E-state index is 0.0209. The largest absolute Gasteiger partial charge is 0.337 e. The van der Waals surface area contributed by atoms with Crippen LogP contribution in [0.15, 0.2) is 18.2 Å². The third kappa shape index (κ3) is 4.20. The zero-order chi connectivity index (χ0) is 17.0. The molecule has 0 saturated heterocycles. The van der Waals surface area contributed by atoms with Gasteiger partial charge in [0.05, 0.1) is 10.0 Å². The van der Waals surface area contributed by atoms with Crippen LogP contribution in [0, 0.1) is 0 Å². The number of hydrogen-bond acceptors (Lipinski definition) is 2. The maximum Gasteiger partial charge on any atom is 0.253 e. The van der Waals surface area contributed by atoms with Crippen LogP contribution in [0.1, 0.15) is 49.9 Å². The van der Waals surface area contributed by atoms with Gasteiger partial charge in [0.15, 0.2) is 0 Å². The van der Waals surface area contributed by atoms with Crippen molar-refractivity contribution in [3.05, 3.63) is 33.8 Å². The van der Waals surface area contributed by atoms with Gasteiger partial charge in [-0.15, -0.1) is 0 Å². The van der Waals surface area contributed by atoms with Crippen molar-refractivity contribution in [3.8, 4) is 0 Å². The van der Waals surface area contributed by atoms with E-state index in [1.54, 1.807) is 18.2 Å². The van der Waals surface area contributed by atoms with Gasteiger partial charge in [0.2, 0.25) is 0 Å². The molecular weight excluding hydrogens is 331 g/mol. The van der Waals surface area contributed by atoms with E-state index in [9.17, 15) is 4.79 Å². The Bertz CT molecular complexity index is 546. The highest BCUT2D eigenvalue weighted by Crippen LogP contribution is 2.29. The minimum atomic E-state index is 0.0209. The van der Waals surface area contributed by atoms with Gasteiger partial charge in [0.25, 0.3) is 5.91 Å². The first kappa shape index (κ1) is 18.6. The molecule has 1 aromatic rings. The third-order valence-corrected chi connectivity index (χ3v) is 5.70. The molecule has 1 aliphatic rings. The molecule has 0 unspecified atom stereocenters. The van der Waals surface area contributed by atoms with E-state index < -0.39 is 0 Å². The highest BCUT2D eigenvalue weighted by atomic mass is 35.5. The van der Waals surface area contributed by atoms with Crippen LogP contribution in [0.5, 0.6) is 0 Å². The normalized spacial score (nSPS) is 21.5. The Morgan fingerprint density at radius 2 is 1.70 bits per heavy atom. The van der Waals surface area contributed by atoms with Crippen molar-refractivity contribution in [1.82, 2.24) is 9.80 Å². The zero-order valence-corrected chi connectivity index (χ0v) is 15.7. The second-order valence-corrected chi connectivity index (χ2v) is 7.00. The lowest BCUT2D eigenvalue weighted by atomic mass is 9.87. The van der Waals surface area contributed by atoms with Gasteiger partial charge in [-0.3, -0.25) is 9.69 Å². The highest BCUT2D eigenvalue weighted by molar-refractivity contribution is 6.42. The van der Waals surface area contributed by atoms with E-state index in [-0.39, 0.29) is 11.9 Å². The van der Waals surface area contributed by atoms with E-state index in [1.807, 2.05) is 11.9 Å². The van der Waals surface area contributed by atoms with Gasteiger partial charge in [-0.25, -0.2) is 0 Å². The average molecular weight is 357 g/mol. The van der Waals surface area contributed by atoms with E-state index in [0.29, 0.717) is 21.7 Å². The van der Waals surface area contributed by atoms with Crippen LogP contribution >= 0.6 is 23.2 Å². The van der Waals surface area contributed by atoms with E-state index in [1.165, 1.54) is 12.8 Å². The summed E-state index contributed by atoms with van der Waals surface area (Å²) in [6, 6.07) is 5.80. The van der Waals surface area contributed by atoms with Crippen LogP contribution in [-0.2, 0) is 0 Å². The first-order valence-corrected chi connectivity index (χ1v) is 9.21. The van der Waals surface area contributed by atoms with Gasteiger partial charge in [-0.05, 0) is 44.1 Å². The molecule has 2 rings (SSSR count). The average Bonchev–Trinajstić information content (AvgIpc) is 2.57. The van der Waals surface area contributed by atoms with Gasteiger partial charge >= 0.3 is 0 Å². The summed E-state index contributed by atoms with van der Waals surface area (Å²) in [4.78, 5) is 17.2. The summed E-state index contributed by atoms with van der Waals surface area (Å²) in [6.07, 6.45) is 4.64. The van der Waals surface area contributed by atoms with Gasteiger partial charge < -0.3 is 4.90 Å². The molecule has 0 radical (unpaired) electrons. The SMILES string of the molecule is CCN(CC)[C@@H]1CCCC[C@H]1N(C)C(=O)c1ccc(Cl)c(Cl)c1. The van der Waals surface area contributed by atoms with Crippen molar-refractivity contribution in [2.45, 2.75) is 51.6 Å². The molecule has 0 N–H and O–H groups in total. The standard InChI is InChI=1S/C18H26Cl2N2O/c1-4-22(5-2)17-9-7-6-8-16(17)21(3)18(23)13-10-11-14(19)15(20)12-13/h10-12,16-17H,4-9H2,1-3H3/t16-,17-/m1/s1. The Balaban J connectivity index is 2.19. The molecule has 0 bridgehead atoms. The lowest BCUT2D eigenvalue weighted by molar-refractivity contribution is 0.0465. The number of likely N-dealkylation sites (N-methyl/N-ethyl adjacent to an activating group) is 2. The van der Waals surface area contributed by atoms with Crippen LogP contribution in [0.25, 0.3) is 0 Å². The van der Waals surface area contributed by atoms with Crippen LogP contribution in [-0.4, -0.2) is 47.9 Å². The van der Waals surface area contributed by atoms with Gasteiger partial charge in [0, 0.05) is 24.7 Å². The number of nitrogens with zero attached hydrogens (tertiary/aromatic N) is 2. The zero-order valence-electron chi connectivity index (χ0n) is 14.2. The summed E-state index contributed by atoms with van der Waals surface area (Å²) in [6.45, 7) is 6.42. The van der Waals surface area contributed by atoms with Crippen molar-refractivity contribution < 1.29 is 4.79 Å². The van der Waals surface area contributed by atoms with E-state index in [4.69, 9.17) is 23.2 Å². The number of carbonyl (C=O) groups is 1. The van der Waals surface area contributed by atoms with Gasteiger partial charge in [-0.1, -0.05) is 49.9 Å². The molecule has 1 fully saturated rings. The molecule has 0 aromatic heterocycles. The third-order valence-electron chi connectivity index (χ3n) is 4.96. The van der Waals surface area contributed by atoms with Crippen LogP contribution in [0.4, 0.5) is 0 Å². The number of carbonyl (C=O) groups excluding carboxylic acids is 1. The number of rotatable bonds is 5. The van der Waals surface area contributed by atoms with Crippen LogP contribution < -0.4 is 0 Å². The maximum absolute atomic E-state index is 12.9. The fourth-order valence-electron chi connectivity index (χ4n) is 3.65. The Labute approximate surface area is 149 Å². The topological polar surface area (TPSA) is 23.6 Å². The van der Waals surface area contributed by atoms with Gasteiger partial charge in [0.1, 0.15) is 0 Å². The van der Waals surface area contributed by atoms with Crippen LogP contribution in [0.3, 0.4) is 0 Å².